The molecule has 0 aliphatic carbocycles. The maximum atomic E-state index is 10.9. The van der Waals surface area contributed by atoms with Crippen LogP contribution in [-0.2, 0) is 6.54 Å². The van der Waals surface area contributed by atoms with Crippen LogP contribution in [0.2, 0.25) is 0 Å². The lowest BCUT2D eigenvalue weighted by Gasteiger charge is -2.06. The van der Waals surface area contributed by atoms with Crippen LogP contribution in [0.3, 0.4) is 0 Å². The SMILES string of the molecule is COc1ccc([N+](=O)[O-])c(NCc2nccs2)n1. The molecule has 0 spiro atoms. The van der Waals surface area contributed by atoms with Crippen molar-refractivity contribution in [2.75, 3.05) is 12.4 Å². The van der Waals surface area contributed by atoms with Crippen LogP contribution in [0.5, 0.6) is 5.88 Å². The Hall–Kier alpha value is -2.22. The number of nitrogens with one attached hydrogen (secondary N) is 1. The summed E-state index contributed by atoms with van der Waals surface area (Å²) in [5, 5.41) is 16.4. The van der Waals surface area contributed by atoms with Gasteiger partial charge in [0.2, 0.25) is 11.7 Å². The van der Waals surface area contributed by atoms with Gasteiger partial charge in [-0.15, -0.1) is 11.3 Å². The van der Waals surface area contributed by atoms with E-state index < -0.39 is 4.92 Å². The highest BCUT2D eigenvalue weighted by atomic mass is 32.1. The van der Waals surface area contributed by atoms with E-state index in [9.17, 15) is 10.1 Å². The van der Waals surface area contributed by atoms with Crippen molar-refractivity contribution in [2.24, 2.45) is 0 Å². The molecule has 1 N–H and O–H groups in total. The third kappa shape index (κ3) is 2.72. The second-order valence-corrected chi connectivity index (χ2v) is 4.24. The molecule has 2 heterocycles. The van der Waals surface area contributed by atoms with E-state index in [0.29, 0.717) is 12.4 Å². The first kappa shape index (κ1) is 12.2. The van der Waals surface area contributed by atoms with Crippen molar-refractivity contribution in [3.05, 3.63) is 38.8 Å². The Balaban J connectivity index is 2.20. The number of nitrogens with zero attached hydrogens (tertiary/aromatic N) is 3. The van der Waals surface area contributed by atoms with E-state index in [1.54, 1.807) is 6.20 Å². The number of nitro groups is 1. The van der Waals surface area contributed by atoms with Crippen LogP contribution in [0, 0.1) is 10.1 Å². The number of pyridine rings is 1. The summed E-state index contributed by atoms with van der Waals surface area (Å²) >= 11 is 1.46. The second-order valence-electron chi connectivity index (χ2n) is 3.26. The van der Waals surface area contributed by atoms with Gasteiger partial charge >= 0.3 is 5.69 Å². The van der Waals surface area contributed by atoms with E-state index in [0.717, 1.165) is 5.01 Å². The zero-order valence-electron chi connectivity index (χ0n) is 9.49. The Kier molecular flexibility index (Phi) is 3.68. The number of methoxy groups -OCH3 is 1. The zero-order valence-corrected chi connectivity index (χ0v) is 10.3. The van der Waals surface area contributed by atoms with Gasteiger partial charge < -0.3 is 10.1 Å². The fourth-order valence-corrected chi connectivity index (χ4v) is 1.88. The van der Waals surface area contributed by atoms with E-state index in [1.807, 2.05) is 5.38 Å². The third-order valence-corrected chi connectivity index (χ3v) is 2.92. The van der Waals surface area contributed by atoms with Gasteiger partial charge in [-0.2, -0.15) is 4.98 Å². The Labute approximate surface area is 107 Å². The van der Waals surface area contributed by atoms with E-state index in [2.05, 4.69) is 15.3 Å². The van der Waals surface area contributed by atoms with Gasteiger partial charge in [-0.25, -0.2) is 4.98 Å². The van der Waals surface area contributed by atoms with Crippen LogP contribution >= 0.6 is 11.3 Å². The normalized spacial score (nSPS) is 10.1. The number of aromatic nitrogens is 2. The van der Waals surface area contributed by atoms with Gasteiger partial charge in [0.1, 0.15) is 5.01 Å². The summed E-state index contributed by atoms with van der Waals surface area (Å²) in [7, 11) is 1.46. The highest BCUT2D eigenvalue weighted by Crippen LogP contribution is 2.25. The Morgan fingerprint density at radius 3 is 3.00 bits per heavy atom. The standard InChI is InChI=1S/C10H10N4O3S/c1-17-8-3-2-7(14(15)16)10(13-8)12-6-9-11-4-5-18-9/h2-5H,6H2,1H3,(H,12,13). The smallest absolute Gasteiger partial charge is 0.311 e. The molecule has 0 fully saturated rings. The maximum Gasteiger partial charge on any atom is 0.311 e. The first-order valence-electron chi connectivity index (χ1n) is 5.02. The van der Waals surface area contributed by atoms with Crippen molar-refractivity contribution in [1.29, 1.82) is 0 Å². The third-order valence-electron chi connectivity index (χ3n) is 2.14. The molecule has 18 heavy (non-hydrogen) atoms. The molecule has 0 bridgehead atoms. The molecule has 2 aromatic heterocycles. The molecule has 2 rings (SSSR count). The van der Waals surface area contributed by atoms with Gasteiger partial charge in [0.05, 0.1) is 18.6 Å². The number of anilines is 1. The number of hydrogen-bond acceptors (Lipinski definition) is 7. The molecule has 0 unspecified atom stereocenters. The van der Waals surface area contributed by atoms with E-state index in [1.165, 1.54) is 30.6 Å². The molecular weight excluding hydrogens is 256 g/mol. The van der Waals surface area contributed by atoms with Gasteiger partial charge in [0, 0.05) is 23.7 Å². The van der Waals surface area contributed by atoms with Crippen molar-refractivity contribution in [1.82, 2.24) is 9.97 Å². The summed E-state index contributed by atoms with van der Waals surface area (Å²) in [5.74, 6) is 0.497. The molecule has 2 aromatic rings. The Morgan fingerprint density at radius 2 is 2.39 bits per heavy atom. The summed E-state index contributed by atoms with van der Waals surface area (Å²) in [6.45, 7) is 0.388. The number of rotatable bonds is 5. The quantitative estimate of drug-likeness (QED) is 0.658. The van der Waals surface area contributed by atoms with Gasteiger partial charge in [0.25, 0.3) is 0 Å². The van der Waals surface area contributed by atoms with Crippen molar-refractivity contribution < 1.29 is 9.66 Å². The lowest BCUT2D eigenvalue weighted by atomic mass is 10.4. The number of ether oxygens (including phenoxy) is 1. The zero-order chi connectivity index (χ0) is 13.0. The molecule has 94 valence electrons. The number of hydrogen-bond donors (Lipinski definition) is 1. The summed E-state index contributed by atoms with van der Waals surface area (Å²) in [5.41, 5.74) is -0.0904. The summed E-state index contributed by atoms with van der Waals surface area (Å²) in [4.78, 5) is 18.5. The average Bonchev–Trinajstić information content (AvgIpc) is 2.88. The lowest BCUT2D eigenvalue weighted by Crippen LogP contribution is -2.05. The van der Waals surface area contributed by atoms with Crippen molar-refractivity contribution >= 4 is 22.8 Å². The minimum absolute atomic E-state index is 0.0904. The summed E-state index contributed by atoms with van der Waals surface area (Å²) in [6, 6.07) is 2.81. The van der Waals surface area contributed by atoms with Crippen LogP contribution < -0.4 is 10.1 Å². The van der Waals surface area contributed by atoms with Crippen molar-refractivity contribution in [2.45, 2.75) is 6.54 Å². The highest BCUT2D eigenvalue weighted by molar-refractivity contribution is 7.09. The number of thiazole rings is 1. The predicted molar refractivity (Wildman–Crippen MR) is 66.9 cm³/mol. The van der Waals surface area contributed by atoms with Gasteiger partial charge in [-0.3, -0.25) is 10.1 Å². The van der Waals surface area contributed by atoms with Crippen LogP contribution in [0.1, 0.15) is 5.01 Å². The molecule has 0 aliphatic rings. The Bertz CT molecular complexity index is 544. The van der Waals surface area contributed by atoms with Crippen LogP contribution in [-0.4, -0.2) is 22.0 Å². The maximum absolute atomic E-state index is 10.9. The van der Waals surface area contributed by atoms with Crippen LogP contribution in [0.15, 0.2) is 23.7 Å². The molecule has 0 saturated carbocycles. The highest BCUT2D eigenvalue weighted by Gasteiger charge is 2.16. The fourth-order valence-electron chi connectivity index (χ4n) is 1.32. The van der Waals surface area contributed by atoms with Crippen molar-refractivity contribution in [3.8, 4) is 5.88 Å². The molecule has 0 amide bonds. The van der Waals surface area contributed by atoms with E-state index >= 15 is 0 Å². The van der Waals surface area contributed by atoms with Gasteiger partial charge in [-0.05, 0) is 0 Å². The molecule has 0 atom stereocenters. The minimum atomic E-state index is -0.489. The molecular formula is C10H10N4O3S. The van der Waals surface area contributed by atoms with Gasteiger partial charge in [0.15, 0.2) is 0 Å². The fraction of sp³-hybridized carbons (Fsp3) is 0.200. The summed E-state index contributed by atoms with van der Waals surface area (Å²) in [6.07, 6.45) is 1.68. The first-order valence-corrected chi connectivity index (χ1v) is 5.90. The molecule has 0 aliphatic heterocycles. The molecule has 0 radical (unpaired) electrons. The van der Waals surface area contributed by atoms with Gasteiger partial charge in [-0.1, -0.05) is 0 Å². The monoisotopic (exact) mass is 266 g/mol. The van der Waals surface area contributed by atoms with Crippen LogP contribution in [0.4, 0.5) is 11.5 Å². The predicted octanol–water partition coefficient (Wildman–Crippen LogP) is 2.07. The Morgan fingerprint density at radius 1 is 1.56 bits per heavy atom. The largest absolute Gasteiger partial charge is 0.481 e. The van der Waals surface area contributed by atoms with Crippen LogP contribution in [0.25, 0.3) is 0 Å². The van der Waals surface area contributed by atoms with E-state index in [-0.39, 0.29) is 11.5 Å². The average molecular weight is 266 g/mol. The lowest BCUT2D eigenvalue weighted by molar-refractivity contribution is -0.384. The van der Waals surface area contributed by atoms with E-state index in [4.69, 9.17) is 4.74 Å². The second kappa shape index (κ2) is 5.41. The van der Waals surface area contributed by atoms with Crippen molar-refractivity contribution in [3.63, 3.8) is 0 Å². The summed E-state index contributed by atoms with van der Waals surface area (Å²) < 4.78 is 4.94. The molecule has 0 aromatic carbocycles. The molecule has 7 nitrogen and oxygen atoms in total. The first-order chi connectivity index (χ1) is 8.70. The topological polar surface area (TPSA) is 90.2 Å². The molecule has 8 heteroatoms. The minimum Gasteiger partial charge on any atom is -0.481 e. The molecule has 0 saturated heterocycles.